The van der Waals surface area contributed by atoms with Crippen LogP contribution in [0.1, 0.15) is 24.8 Å². The molecule has 0 radical (unpaired) electrons. The van der Waals surface area contributed by atoms with Crippen LogP contribution in [0.2, 0.25) is 0 Å². The van der Waals surface area contributed by atoms with Crippen LogP contribution in [0, 0.1) is 0 Å². The van der Waals surface area contributed by atoms with Crippen molar-refractivity contribution in [1.82, 2.24) is 4.98 Å². The summed E-state index contributed by atoms with van der Waals surface area (Å²) in [7, 11) is 0. The van der Waals surface area contributed by atoms with E-state index in [2.05, 4.69) is 20.9 Å². The van der Waals surface area contributed by atoms with Crippen molar-refractivity contribution in [2.75, 3.05) is 6.61 Å². The maximum atomic E-state index is 11.6. The van der Waals surface area contributed by atoms with E-state index in [0.29, 0.717) is 6.61 Å². The van der Waals surface area contributed by atoms with E-state index in [-0.39, 0.29) is 11.9 Å². The summed E-state index contributed by atoms with van der Waals surface area (Å²) in [5.74, 6) is -0.517. The van der Waals surface area contributed by atoms with Crippen LogP contribution in [-0.2, 0) is 9.53 Å². The molecule has 1 aromatic carbocycles. The third-order valence-corrected chi connectivity index (χ3v) is 4.07. The number of esters is 1. The highest BCUT2D eigenvalue weighted by Gasteiger charge is 2.20. The van der Waals surface area contributed by atoms with Crippen molar-refractivity contribution < 1.29 is 9.53 Å². The van der Waals surface area contributed by atoms with Gasteiger partial charge < -0.3 is 4.74 Å². The van der Waals surface area contributed by atoms with Gasteiger partial charge in [-0.1, -0.05) is 15.9 Å². The lowest BCUT2D eigenvalue weighted by Gasteiger charge is -2.06. The Balaban J connectivity index is 2.33. The topological polar surface area (TPSA) is 39.2 Å². The zero-order valence-electron chi connectivity index (χ0n) is 9.57. The van der Waals surface area contributed by atoms with E-state index >= 15 is 0 Å². The van der Waals surface area contributed by atoms with E-state index in [1.807, 2.05) is 25.1 Å². The highest BCUT2D eigenvalue weighted by atomic mass is 79.9. The van der Waals surface area contributed by atoms with Crippen LogP contribution in [0.4, 0.5) is 0 Å². The van der Waals surface area contributed by atoms with Gasteiger partial charge in [0.05, 0.1) is 16.8 Å². The second-order valence-corrected chi connectivity index (χ2v) is 5.62. The first kappa shape index (κ1) is 12.5. The molecular weight excluding hydrogens is 302 g/mol. The maximum absolute atomic E-state index is 11.6. The summed E-state index contributed by atoms with van der Waals surface area (Å²) in [4.78, 5) is 16.1. The normalized spacial score (nSPS) is 12.6. The number of fused-ring (bicyclic) bond motifs is 1. The van der Waals surface area contributed by atoms with Crippen LogP contribution in [0.15, 0.2) is 22.7 Å². The zero-order valence-corrected chi connectivity index (χ0v) is 12.0. The summed E-state index contributed by atoms with van der Waals surface area (Å²) in [5.41, 5.74) is 0.921. The number of carbonyl (C=O) groups excluding carboxylic acids is 1. The van der Waals surface area contributed by atoms with Crippen molar-refractivity contribution in [3.05, 3.63) is 27.7 Å². The molecule has 1 unspecified atom stereocenters. The van der Waals surface area contributed by atoms with Gasteiger partial charge in [-0.15, -0.1) is 11.3 Å². The molecule has 17 heavy (non-hydrogen) atoms. The number of ether oxygens (including phenoxy) is 1. The molecule has 0 aliphatic carbocycles. The molecule has 0 amide bonds. The van der Waals surface area contributed by atoms with Crippen molar-refractivity contribution in [1.29, 1.82) is 0 Å². The van der Waals surface area contributed by atoms with E-state index in [4.69, 9.17) is 4.74 Å². The first-order chi connectivity index (χ1) is 8.11. The highest BCUT2D eigenvalue weighted by Crippen LogP contribution is 2.30. The summed E-state index contributed by atoms with van der Waals surface area (Å²) in [6.07, 6.45) is 0. The van der Waals surface area contributed by atoms with Crippen LogP contribution in [-0.4, -0.2) is 17.6 Å². The fourth-order valence-electron chi connectivity index (χ4n) is 1.47. The van der Waals surface area contributed by atoms with E-state index < -0.39 is 0 Å². The minimum Gasteiger partial charge on any atom is -0.465 e. The van der Waals surface area contributed by atoms with Gasteiger partial charge in [-0.25, -0.2) is 4.98 Å². The molecule has 0 saturated carbocycles. The van der Waals surface area contributed by atoms with Crippen LogP contribution >= 0.6 is 27.3 Å². The van der Waals surface area contributed by atoms with Crippen LogP contribution in [0.3, 0.4) is 0 Å². The number of benzene rings is 1. The number of aromatic nitrogens is 1. The fourth-order valence-corrected chi connectivity index (χ4v) is 3.03. The Hall–Kier alpha value is -0.940. The van der Waals surface area contributed by atoms with E-state index in [1.54, 1.807) is 6.92 Å². The van der Waals surface area contributed by atoms with Gasteiger partial charge in [0, 0.05) is 4.47 Å². The lowest BCUT2D eigenvalue weighted by molar-refractivity contribution is -0.144. The second-order valence-electron chi connectivity index (χ2n) is 3.64. The molecule has 0 spiro atoms. The van der Waals surface area contributed by atoms with Gasteiger partial charge in [0.25, 0.3) is 0 Å². The SMILES string of the molecule is CCOC(=O)C(C)c1nc2ccc(Br)cc2s1. The number of halogens is 1. The zero-order chi connectivity index (χ0) is 12.4. The first-order valence-electron chi connectivity index (χ1n) is 5.34. The average molecular weight is 314 g/mol. The predicted octanol–water partition coefficient (Wildman–Crippen LogP) is 3.73. The Morgan fingerprint density at radius 2 is 2.35 bits per heavy atom. The lowest BCUT2D eigenvalue weighted by Crippen LogP contribution is -2.12. The third-order valence-electron chi connectivity index (χ3n) is 2.38. The minimum atomic E-state index is -0.300. The minimum absolute atomic E-state index is 0.217. The van der Waals surface area contributed by atoms with Crippen LogP contribution < -0.4 is 0 Å². The van der Waals surface area contributed by atoms with Crippen LogP contribution in [0.5, 0.6) is 0 Å². The molecule has 0 saturated heterocycles. The van der Waals surface area contributed by atoms with Crippen molar-refractivity contribution in [3.8, 4) is 0 Å². The average Bonchev–Trinajstić information content (AvgIpc) is 2.71. The molecule has 5 heteroatoms. The summed E-state index contributed by atoms with van der Waals surface area (Å²) < 4.78 is 7.09. The van der Waals surface area contributed by atoms with E-state index in [0.717, 1.165) is 19.7 Å². The van der Waals surface area contributed by atoms with Crippen molar-refractivity contribution >= 4 is 43.5 Å². The number of nitrogens with zero attached hydrogens (tertiary/aromatic N) is 1. The first-order valence-corrected chi connectivity index (χ1v) is 6.95. The molecule has 3 nitrogen and oxygen atoms in total. The molecule has 0 aliphatic rings. The van der Waals surface area contributed by atoms with Gasteiger partial charge in [-0.3, -0.25) is 4.79 Å². The molecule has 2 rings (SSSR count). The number of thiazole rings is 1. The summed E-state index contributed by atoms with van der Waals surface area (Å²) in [6.45, 7) is 4.03. The molecule has 1 heterocycles. The molecule has 1 atom stereocenters. The lowest BCUT2D eigenvalue weighted by atomic mass is 10.2. The van der Waals surface area contributed by atoms with E-state index in [1.165, 1.54) is 11.3 Å². The molecule has 90 valence electrons. The van der Waals surface area contributed by atoms with Gasteiger partial charge in [0.2, 0.25) is 0 Å². The molecule has 2 aromatic rings. The Labute approximate surface area is 112 Å². The largest absolute Gasteiger partial charge is 0.465 e. The number of hydrogen-bond acceptors (Lipinski definition) is 4. The van der Waals surface area contributed by atoms with Gasteiger partial charge in [0.1, 0.15) is 10.9 Å². The monoisotopic (exact) mass is 313 g/mol. The predicted molar refractivity (Wildman–Crippen MR) is 72.4 cm³/mol. The van der Waals surface area contributed by atoms with Gasteiger partial charge in [-0.2, -0.15) is 0 Å². The third kappa shape index (κ3) is 2.66. The summed E-state index contributed by atoms with van der Waals surface area (Å²) in [5, 5.41) is 0.802. The molecule has 0 fully saturated rings. The number of carbonyl (C=O) groups is 1. The Morgan fingerprint density at radius 3 is 3.06 bits per heavy atom. The Morgan fingerprint density at radius 1 is 1.59 bits per heavy atom. The van der Waals surface area contributed by atoms with Gasteiger partial charge >= 0.3 is 5.97 Å². The fraction of sp³-hybridized carbons (Fsp3) is 0.333. The standard InChI is InChI=1S/C12H12BrNO2S/c1-3-16-12(15)7(2)11-14-9-5-4-8(13)6-10(9)17-11/h4-7H,3H2,1-2H3. The maximum Gasteiger partial charge on any atom is 0.315 e. The number of rotatable bonds is 3. The van der Waals surface area contributed by atoms with E-state index in [9.17, 15) is 4.79 Å². The molecule has 0 aliphatic heterocycles. The highest BCUT2D eigenvalue weighted by molar-refractivity contribution is 9.10. The Kier molecular flexibility index (Phi) is 3.79. The van der Waals surface area contributed by atoms with Crippen LogP contribution in [0.25, 0.3) is 10.2 Å². The van der Waals surface area contributed by atoms with Crippen molar-refractivity contribution in [2.24, 2.45) is 0 Å². The number of hydrogen-bond donors (Lipinski definition) is 0. The smallest absolute Gasteiger partial charge is 0.315 e. The molecular formula is C12H12BrNO2S. The Bertz CT molecular complexity index is 552. The quantitative estimate of drug-likeness (QED) is 0.811. The molecule has 0 N–H and O–H groups in total. The molecule has 1 aromatic heterocycles. The summed E-state index contributed by atoms with van der Waals surface area (Å²) in [6, 6.07) is 5.90. The van der Waals surface area contributed by atoms with Crippen molar-refractivity contribution in [3.63, 3.8) is 0 Å². The van der Waals surface area contributed by atoms with Gasteiger partial charge in [0.15, 0.2) is 0 Å². The van der Waals surface area contributed by atoms with Crippen molar-refractivity contribution in [2.45, 2.75) is 19.8 Å². The molecule has 0 bridgehead atoms. The summed E-state index contributed by atoms with van der Waals surface area (Å²) >= 11 is 4.95. The second kappa shape index (κ2) is 5.14. The van der Waals surface area contributed by atoms with Gasteiger partial charge in [-0.05, 0) is 32.0 Å².